The van der Waals surface area contributed by atoms with Gasteiger partial charge in [0, 0.05) is 5.69 Å². The molecule has 1 rings (SSSR count). The van der Waals surface area contributed by atoms with Crippen LogP contribution in [0, 0.1) is 0 Å². The Bertz CT molecular complexity index is 500. The summed E-state index contributed by atoms with van der Waals surface area (Å²) >= 11 is 0. The Morgan fingerprint density at radius 1 is 1.26 bits per heavy atom. The predicted octanol–water partition coefficient (Wildman–Crippen LogP) is 1.91. The SMILES string of the molecule is CCCS(=O)(=O)c1ccc(NCC(F)(F)CO)cc1. The summed E-state index contributed by atoms with van der Waals surface area (Å²) in [6.07, 6.45) is 0.519. The lowest BCUT2D eigenvalue weighted by molar-refractivity contribution is -0.0372. The summed E-state index contributed by atoms with van der Waals surface area (Å²) in [7, 11) is -3.29. The lowest BCUT2D eigenvalue weighted by Crippen LogP contribution is -2.30. The number of aliphatic hydroxyl groups is 1. The molecule has 0 aromatic heterocycles. The van der Waals surface area contributed by atoms with E-state index in [-0.39, 0.29) is 10.6 Å². The lowest BCUT2D eigenvalue weighted by atomic mass is 10.3. The summed E-state index contributed by atoms with van der Waals surface area (Å²) in [4.78, 5) is 0.175. The Morgan fingerprint density at radius 3 is 2.32 bits per heavy atom. The lowest BCUT2D eigenvalue weighted by Gasteiger charge is -2.15. The van der Waals surface area contributed by atoms with Crippen molar-refractivity contribution in [2.24, 2.45) is 0 Å². The van der Waals surface area contributed by atoms with Gasteiger partial charge in [0.15, 0.2) is 9.84 Å². The van der Waals surface area contributed by atoms with E-state index < -0.39 is 28.9 Å². The number of anilines is 1. The normalized spacial score (nSPS) is 12.4. The van der Waals surface area contributed by atoms with Gasteiger partial charge in [0.05, 0.1) is 17.2 Å². The van der Waals surface area contributed by atoms with Gasteiger partial charge < -0.3 is 10.4 Å². The van der Waals surface area contributed by atoms with Crippen LogP contribution in [0.2, 0.25) is 0 Å². The van der Waals surface area contributed by atoms with Crippen molar-refractivity contribution in [2.75, 3.05) is 24.2 Å². The Labute approximate surface area is 111 Å². The van der Waals surface area contributed by atoms with Crippen LogP contribution >= 0.6 is 0 Å². The number of rotatable bonds is 7. The summed E-state index contributed by atoms with van der Waals surface area (Å²) in [6, 6.07) is 5.61. The fraction of sp³-hybridized carbons (Fsp3) is 0.500. The molecule has 2 N–H and O–H groups in total. The zero-order valence-electron chi connectivity index (χ0n) is 10.6. The highest BCUT2D eigenvalue weighted by atomic mass is 32.2. The van der Waals surface area contributed by atoms with Crippen molar-refractivity contribution in [3.8, 4) is 0 Å². The monoisotopic (exact) mass is 293 g/mol. The van der Waals surface area contributed by atoms with Crippen molar-refractivity contribution in [3.63, 3.8) is 0 Å². The zero-order valence-corrected chi connectivity index (χ0v) is 11.4. The van der Waals surface area contributed by atoms with E-state index in [4.69, 9.17) is 5.11 Å². The molecule has 0 fully saturated rings. The largest absolute Gasteiger partial charge is 0.390 e. The van der Waals surface area contributed by atoms with Crippen molar-refractivity contribution in [1.82, 2.24) is 0 Å². The molecule has 0 amide bonds. The molecule has 0 saturated heterocycles. The fourth-order valence-electron chi connectivity index (χ4n) is 1.45. The number of nitrogens with one attached hydrogen (secondary N) is 1. The first-order chi connectivity index (χ1) is 8.80. The predicted molar refractivity (Wildman–Crippen MR) is 69.3 cm³/mol. The molecule has 1 aromatic rings. The van der Waals surface area contributed by atoms with Gasteiger partial charge in [-0.1, -0.05) is 6.92 Å². The maximum Gasteiger partial charge on any atom is 0.287 e. The Kier molecular flexibility index (Phi) is 5.25. The van der Waals surface area contributed by atoms with E-state index in [2.05, 4.69) is 5.32 Å². The summed E-state index contributed by atoms with van der Waals surface area (Å²) in [5, 5.41) is 10.9. The van der Waals surface area contributed by atoms with Crippen molar-refractivity contribution < 1.29 is 22.3 Å². The van der Waals surface area contributed by atoms with Gasteiger partial charge in [0.1, 0.15) is 6.61 Å². The standard InChI is InChI=1S/C12H17F2NO3S/c1-2-7-19(17,18)11-5-3-10(4-6-11)15-8-12(13,14)9-16/h3-6,15-16H,2,7-9H2,1H3. The van der Waals surface area contributed by atoms with Crippen LogP contribution in [0.25, 0.3) is 0 Å². The van der Waals surface area contributed by atoms with Gasteiger partial charge >= 0.3 is 0 Å². The molecule has 0 radical (unpaired) electrons. The molecule has 0 aliphatic heterocycles. The maximum atomic E-state index is 12.8. The highest BCUT2D eigenvalue weighted by Gasteiger charge is 2.27. The van der Waals surface area contributed by atoms with Gasteiger partial charge in [-0.05, 0) is 30.7 Å². The topological polar surface area (TPSA) is 66.4 Å². The van der Waals surface area contributed by atoms with Gasteiger partial charge in [-0.3, -0.25) is 0 Å². The van der Waals surface area contributed by atoms with E-state index >= 15 is 0 Å². The second kappa shape index (κ2) is 6.29. The van der Waals surface area contributed by atoms with Crippen LogP contribution < -0.4 is 5.32 Å². The first-order valence-electron chi connectivity index (χ1n) is 5.86. The number of alkyl halides is 2. The van der Waals surface area contributed by atoms with Crippen LogP contribution in [0.4, 0.5) is 14.5 Å². The van der Waals surface area contributed by atoms with Gasteiger partial charge in [-0.25, -0.2) is 17.2 Å². The zero-order chi connectivity index (χ0) is 14.5. The third-order valence-corrected chi connectivity index (χ3v) is 4.40. The molecular weight excluding hydrogens is 276 g/mol. The van der Waals surface area contributed by atoms with E-state index in [0.29, 0.717) is 12.1 Å². The van der Waals surface area contributed by atoms with E-state index in [1.165, 1.54) is 24.3 Å². The molecule has 0 bridgehead atoms. The summed E-state index contributed by atoms with van der Waals surface area (Å²) in [6.45, 7) is -0.169. The van der Waals surface area contributed by atoms with E-state index in [1.54, 1.807) is 6.92 Å². The maximum absolute atomic E-state index is 12.8. The first-order valence-corrected chi connectivity index (χ1v) is 7.51. The highest BCUT2D eigenvalue weighted by Crippen LogP contribution is 2.18. The number of sulfone groups is 1. The first kappa shape index (κ1) is 15.8. The summed E-state index contributed by atoms with van der Waals surface area (Å²) < 4.78 is 49.1. The minimum atomic E-state index is -3.29. The molecule has 4 nitrogen and oxygen atoms in total. The number of benzene rings is 1. The van der Waals surface area contributed by atoms with E-state index in [1.807, 2.05) is 0 Å². The molecule has 0 saturated carbocycles. The van der Waals surface area contributed by atoms with Crippen LogP contribution in [-0.4, -0.2) is 38.4 Å². The van der Waals surface area contributed by atoms with Gasteiger partial charge in [0.2, 0.25) is 0 Å². The second-order valence-electron chi connectivity index (χ2n) is 4.21. The van der Waals surface area contributed by atoms with Crippen LogP contribution in [0.5, 0.6) is 0 Å². The minimum absolute atomic E-state index is 0.0579. The van der Waals surface area contributed by atoms with Crippen LogP contribution in [-0.2, 0) is 9.84 Å². The smallest absolute Gasteiger partial charge is 0.287 e. The van der Waals surface area contributed by atoms with Gasteiger partial charge in [-0.15, -0.1) is 0 Å². The number of hydrogen-bond acceptors (Lipinski definition) is 4. The summed E-state index contributed by atoms with van der Waals surface area (Å²) in [5.41, 5.74) is 0.378. The third kappa shape index (κ3) is 4.76. The minimum Gasteiger partial charge on any atom is -0.390 e. The molecular formula is C12H17F2NO3S. The van der Waals surface area contributed by atoms with E-state index in [0.717, 1.165) is 0 Å². The number of aliphatic hydroxyl groups excluding tert-OH is 1. The van der Waals surface area contributed by atoms with Crippen molar-refractivity contribution >= 4 is 15.5 Å². The summed E-state index contributed by atoms with van der Waals surface area (Å²) in [5.74, 6) is -3.14. The van der Waals surface area contributed by atoms with Crippen LogP contribution in [0.15, 0.2) is 29.2 Å². The van der Waals surface area contributed by atoms with Crippen molar-refractivity contribution in [3.05, 3.63) is 24.3 Å². The van der Waals surface area contributed by atoms with Gasteiger partial charge in [-0.2, -0.15) is 0 Å². The molecule has 7 heteroatoms. The molecule has 1 aromatic carbocycles. The molecule has 0 atom stereocenters. The molecule has 0 heterocycles. The van der Waals surface area contributed by atoms with Crippen LogP contribution in [0.3, 0.4) is 0 Å². The molecule has 19 heavy (non-hydrogen) atoms. The van der Waals surface area contributed by atoms with Crippen LogP contribution in [0.1, 0.15) is 13.3 Å². The molecule has 0 aliphatic carbocycles. The molecule has 0 unspecified atom stereocenters. The average Bonchev–Trinajstić information content (AvgIpc) is 2.37. The quantitative estimate of drug-likeness (QED) is 0.806. The van der Waals surface area contributed by atoms with Gasteiger partial charge in [0.25, 0.3) is 5.92 Å². The third-order valence-electron chi connectivity index (χ3n) is 2.47. The van der Waals surface area contributed by atoms with Crippen molar-refractivity contribution in [2.45, 2.75) is 24.2 Å². The Balaban J connectivity index is 2.72. The molecule has 108 valence electrons. The molecule has 0 spiro atoms. The Morgan fingerprint density at radius 2 is 1.84 bits per heavy atom. The number of halogens is 2. The fourth-order valence-corrected chi connectivity index (χ4v) is 2.78. The highest BCUT2D eigenvalue weighted by molar-refractivity contribution is 7.91. The molecule has 0 aliphatic rings. The van der Waals surface area contributed by atoms with Crippen molar-refractivity contribution in [1.29, 1.82) is 0 Å². The van der Waals surface area contributed by atoms with E-state index in [9.17, 15) is 17.2 Å². The number of hydrogen-bond donors (Lipinski definition) is 2. The Hall–Kier alpha value is -1.21. The second-order valence-corrected chi connectivity index (χ2v) is 6.32. The average molecular weight is 293 g/mol.